The second-order valence-corrected chi connectivity index (χ2v) is 8.66. The largest absolute Gasteiger partial charge is 0.457 e. The van der Waals surface area contributed by atoms with Crippen LogP contribution in [0.5, 0.6) is 0 Å². The maximum atomic E-state index is 12.5. The maximum absolute atomic E-state index is 12.5. The van der Waals surface area contributed by atoms with Crippen molar-refractivity contribution in [1.82, 2.24) is 10.3 Å². The minimum atomic E-state index is -0.0684. The first kappa shape index (κ1) is 16.6. The predicted octanol–water partition coefficient (Wildman–Crippen LogP) is 4.89. The Morgan fingerprint density at radius 3 is 2.85 bits per heavy atom. The van der Waals surface area contributed by atoms with Crippen molar-refractivity contribution in [3.05, 3.63) is 72.0 Å². The molecule has 1 N–H and O–H groups in total. The Morgan fingerprint density at radius 2 is 1.96 bits per heavy atom. The number of rotatable bonds is 4. The molecule has 0 bridgehead atoms. The molecule has 2 aromatic carbocycles. The minimum absolute atomic E-state index is 0.0501. The maximum Gasteiger partial charge on any atom is 0.234 e. The summed E-state index contributed by atoms with van der Waals surface area (Å²) in [5.41, 5.74) is 2.22. The van der Waals surface area contributed by atoms with Crippen molar-refractivity contribution in [2.75, 3.05) is 0 Å². The number of hydrogen-bond donors (Lipinski definition) is 1. The zero-order valence-corrected chi connectivity index (χ0v) is 16.0. The summed E-state index contributed by atoms with van der Waals surface area (Å²) in [5, 5.41) is 3.79. The Kier molecular flexibility index (Phi) is 4.22. The van der Waals surface area contributed by atoms with Crippen molar-refractivity contribution in [3.63, 3.8) is 0 Å². The highest BCUT2D eigenvalue weighted by Crippen LogP contribution is 2.37. The molecule has 4 nitrogen and oxygen atoms in total. The predicted molar refractivity (Wildman–Crippen MR) is 109 cm³/mol. The molecule has 1 aliphatic rings. The lowest BCUT2D eigenvalue weighted by atomic mass is 10.1. The second kappa shape index (κ2) is 6.87. The number of thioether (sulfide) groups is 1. The van der Waals surface area contributed by atoms with Crippen LogP contribution in [0.4, 0.5) is 0 Å². The molecule has 0 spiro atoms. The number of nitrogens with one attached hydrogen (secondary N) is 1. The Hall–Kier alpha value is -2.57. The van der Waals surface area contributed by atoms with Crippen molar-refractivity contribution in [2.24, 2.45) is 0 Å². The van der Waals surface area contributed by atoms with Gasteiger partial charge < -0.3 is 9.73 Å². The molecule has 1 unspecified atom stereocenters. The molecule has 0 radical (unpaired) electrons. The fraction of sp³-hybridized carbons (Fsp3) is 0.143. The molecule has 4 aromatic rings. The van der Waals surface area contributed by atoms with Crippen LogP contribution in [-0.2, 0) is 17.8 Å². The van der Waals surface area contributed by atoms with E-state index in [4.69, 9.17) is 4.42 Å². The van der Waals surface area contributed by atoms with Gasteiger partial charge in [-0.3, -0.25) is 4.79 Å². The number of carbonyl (C=O) groups excluding carboxylic acids is 1. The topological polar surface area (TPSA) is 55.1 Å². The SMILES string of the molecule is O=C(NCc1ccc(-c2nc3ccccc3s2)o1)C1Cc2ccccc2S1. The van der Waals surface area contributed by atoms with E-state index in [1.807, 2.05) is 42.5 Å². The molecule has 1 aliphatic heterocycles. The fourth-order valence-corrected chi connectivity index (χ4v) is 5.33. The molecule has 0 aliphatic carbocycles. The quantitative estimate of drug-likeness (QED) is 0.537. The van der Waals surface area contributed by atoms with Crippen molar-refractivity contribution in [2.45, 2.75) is 23.1 Å². The lowest BCUT2D eigenvalue weighted by molar-refractivity contribution is -0.120. The first-order valence-electron chi connectivity index (χ1n) is 8.73. The lowest BCUT2D eigenvalue weighted by Gasteiger charge is -2.08. The van der Waals surface area contributed by atoms with E-state index in [-0.39, 0.29) is 11.2 Å². The van der Waals surface area contributed by atoms with Crippen LogP contribution in [-0.4, -0.2) is 16.1 Å². The average Bonchev–Trinajstić information content (AvgIpc) is 3.42. The highest BCUT2D eigenvalue weighted by molar-refractivity contribution is 8.01. The van der Waals surface area contributed by atoms with Gasteiger partial charge in [0.05, 0.1) is 22.0 Å². The number of hydrogen-bond acceptors (Lipinski definition) is 5. The van der Waals surface area contributed by atoms with Crippen LogP contribution >= 0.6 is 23.1 Å². The van der Waals surface area contributed by atoms with E-state index in [1.165, 1.54) is 10.5 Å². The van der Waals surface area contributed by atoms with Crippen LogP contribution < -0.4 is 5.32 Å². The number of aromatic nitrogens is 1. The molecule has 1 amide bonds. The number of para-hydroxylation sites is 1. The van der Waals surface area contributed by atoms with Crippen LogP contribution in [0, 0.1) is 0 Å². The standard InChI is InChI=1S/C21H16N2O2S2/c24-20(19-11-13-5-1-3-7-17(13)26-19)22-12-14-9-10-16(25-14)21-23-15-6-2-4-8-18(15)27-21/h1-10,19H,11-12H2,(H,22,24). The molecule has 6 heteroatoms. The van der Waals surface area contributed by atoms with E-state index >= 15 is 0 Å². The molecule has 0 saturated carbocycles. The summed E-state index contributed by atoms with van der Waals surface area (Å²) in [6.45, 7) is 0.386. The highest BCUT2D eigenvalue weighted by atomic mass is 32.2. The number of amides is 1. The molecular weight excluding hydrogens is 376 g/mol. The first-order valence-corrected chi connectivity index (χ1v) is 10.4. The summed E-state index contributed by atoms with van der Waals surface area (Å²) in [4.78, 5) is 18.3. The highest BCUT2D eigenvalue weighted by Gasteiger charge is 2.27. The number of benzene rings is 2. The molecule has 2 aromatic heterocycles. The van der Waals surface area contributed by atoms with Crippen LogP contribution in [0.3, 0.4) is 0 Å². The number of fused-ring (bicyclic) bond motifs is 2. The minimum Gasteiger partial charge on any atom is -0.457 e. The Balaban J connectivity index is 1.24. The molecule has 5 rings (SSSR count). The van der Waals surface area contributed by atoms with Crippen LogP contribution in [0.1, 0.15) is 11.3 Å². The van der Waals surface area contributed by atoms with Crippen molar-refractivity contribution < 1.29 is 9.21 Å². The summed E-state index contributed by atoms with van der Waals surface area (Å²) in [7, 11) is 0. The van der Waals surface area contributed by atoms with Crippen LogP contribution in [0.15, 0.2) is 70.0 Å². The van der Waals surface area contributed by atoms with Crippen molar-refractivity contribution in [3.8, 4) is 10.8 Å². The number of carbonyl (C=O) groups is 1. The molecule has 1 atom stereocenters. The lowest BCUT2D eigenvalue weighted by Crippen LogP contribution is -2.31. The van der Waals surface area contributed by atoms with Gasteiger partial charge in [-0.15, -0.1) is 23.1 Å². The summed E-state index contributed by atoms with van der Waals surface area (Å²) in [5.74, 6) is 1.52. The van der Waals surface area contributed by atoms with Gasteiger partial charge in [0.25, 0.3) is 0 Å². The number of furan rings is 1. The Morgan fingerprint density at radius 1 is 1.11 bits per heavy atom. The molecule has 0 fully saturated rings. The van der Waals surface area contributed by atoms with E-state index in [0.717, 1.165) is 33.2 Å². The zero-order valence-electron chi connectivity index (χ0n) is 14.3. The summed E-state index contributed by atoms with van der Waals surface area (Å²) in [6.07, 6.45) is 0.780. The van der Waals surface area contributed by atoms with Crippen molar-refractivity contribution >= 4 is 39.2 Å². The smallest absolute Gasteiger partial charge is 0.234 e. The summed E-state index contributed by atoms with van der Waals surface area (Å²) in [6, 6.07) is 20.0. The number of thiazole rings is 1. The Labute approximate surface area is 164 Å². The summed E-state index contributed by atoms with van der Waals surface area (Å²) < 4.78 is 7.04. The van der Waals surface area contributed by atoms with E-state index in [2.05, 4.69) is 28.5 Å². The second-order valence-electron chi connectivity index (χ2n) is 6.39. The van der Waals surface area contributed by atoms with E-state index < -0.39 is 0 Å². The third kappa shape index (κ3) is 3.26. The van der Waals surface area contributed by atoms with Gasteiger partial charge in [-0.25, -0.2) is 4.98 Å². The summed E-state index contributed by atoms with van der Waals surface area (Å²) >= 11 is 3.24. The van der Waals surface area contributed by atoms with Gasteiger partial charge in [0.1, 0.15) is 5.76 Å². The van der Waals surface area contributed by atoms with Gasteiger partial charge in [0.2, 0.25) is 5.91 Å². The fourth-order valence-electron chi connectivity index (χ4n) is 3.18. The van der Waals surface area contributed by atoms with Gasteiger partial charge in [0, 0.05) is 4.90 Å². The van der Waals surface area contributed by atoms with E-state index in [0.29, 0.717) is 6.54 Å². The first-order chi connectivity index (χ1) is 13.3. The Bertz CT molecular complexity index is 1070. The number of nitrogens with zero attached hydrogens (tertiary/aromatic N) is 1. The zero-order chi connectivity index (χ0) is 18.2. The van der Waals surface area contributed by atoms with Crippen LogP contribution in [0.2, 0.25) is 0 Å². The molecule has 3 heterocycles. The third-order valence-corrected chi connectivity index (χ3v) is 6.91. The third-order valence-electron chi connectivity index (χ3n) is 4.54. The molecule has 134 valence electrons. The molecule has 0 saturated heterocycles. The van der Waals surface area contributed by atoms with Gasteiger partial charge in [-0.2, -0.15) is 0 Å². The molecular formula is C21H16N2O2S2. The van der Waals surface area contributed by atoms with E-state index in [1.54, 1.807) is 23.1 Å². The van der Waals surface area contributed by atoms with Crippen LogP contribution in [0.25, 0.3) is 21.0 Å². The van der Waals surface area contributed by atoms with Crippen molar-refractivity contribution in [1.29, 1.82) is 0 Å². The van der Waals surface area contributed by atoms with Gasteiger partial charge in [-0.05, 0) is 42.3 Å². The van der Waals surface area contributed by atoms with Gasteiger partial charge in [-0.1, -0.05) is 30.3 Å². The monoisotopic (exact) mass is 392 g/mol. The average molecular weight is 393 g/mol. The van der Waals surface area contributed by atoms with Gasteiger partial charge in [0.15, 0.2) is 10.8 Å². The normalized spacial score (nSPS) is 15.8. The van der Waals surface area contributed by atoms with Gasteiger partial charge >= 0.3 is 0 Å². The molecule has 27 heavy (non-hydrogen) atoms. The van der Waals surface area contributed by atoms with E-state index in [9.17, 15) is 4.79 Å².